The van der Waals surface area contributed by atoms with Crippen LogP contribution in [-0.2, 0) is 4.79 Å². The first-order valence-corrected chi connectivity index (χ1v) is 3.57. The number of hydrogen-bond donors (Lipinski definition) is 2. The maximum absolute atomic E-state index is 10.5. The van der Waals surface area contributed by atoms with Crippen LogP contribution in [0.25, 0.3) is 0 Å². The molecule has 0 unspecified atom stereocenters. The zero-order valence-electron chi connectivity index (χ0n) is 6.42. The SMILES string of the molecule is CC(C)[C@@H]1C[C@@]1([NH3+])C(=O)O. The quantitative estimate of drug-likeness (QED) is 0.560. The predicted octanol–water partition coefficient (Wildman–Crippen LogP) is -0.272. The van der Waals surface area contributed by atoms with E-state index in [2.05, 4.69) is 5.73 Å². The Morgan fingerprint density at radius 2 is 2.30 bits per heavy atom. The van der Waals surface area contributed by atoms with Crippen LogP contribution in [0.1, 0.15) is 20.3 Å². The molecule has 58 valence electrons. The monoisotopic (exact) mass is 144 g/mol. The van der Waals surface area contributed by atoms with E-state index in [1.807, 2.05) is 13.8 Å². The van der Waals surface area contributed by atoms with Crippen LogP contribution < -0.4 is 5.73 Å². The molecular weight excluding hydrogens is 130 g/mol. The van der Waals surface area contributed by atoms with E-state index in [9.17, 15) is 4.79 Å². The zero-order chi connectivity index (χ0) is 7.94. The molecule has 0 aromatic heterocycles. The number of carboxylic acids is 1. The Kier molecular flexibility index (Phi) is 1.47. The zero-order valence-corrected chi connectivity index (χ0v) is 6.42. The molecule has 3 nitrogen and oxygen atoms in total. The van der Waals surface area contributed by atoms with E-state index < -0.39 is 11.5 Å². The highest BCUT2D eigenvalue weighted by molar-refractivity contribution is 5.80. The van der Waals surface area contributed by atoms with Gasteiger partial charge in [0.15, 0.2) is 5.54 Å². The molecule has 1 aliphatic rings. The fraction of sp³-hybridized carbons (Fsp3) is 0.857. The van der Waals surface area contributed by atoms with E-state index in [1.165, 1.54) is 0 Å². The van der Waals surface area contributed by atoms with Crippen molar-refractivity contribution in [1.82, 2.24) is 0 Å². The topological polar surface area (TPSA) is 64.9 Å². The number of carbonyl (C=O) groups is 1. The lowest BCUT2D eigenvalue weighted by molar-refractivity contribution is -0.430. The van der Waals surface area contributed by atoms with Crippen molar-refractivity contribution in [3.05, 3.63) is 0 Å². The highest BCUT2D eigenvalue weighted by Gasteiger charge is 2.63. The molecule has 3 heteroatoms. The fourth-order valence-corrected chi connectivity index (χ4v) is 1.45. The normalized spacial score (nSPS) is 38.2. The van der Waals surface area contributed by atoms with Crippen molar-refractivity contribution in [3.63, 3.8) is 0 Å². The second-order valence-corrected chi connectivity index (χ2v) is 3.52. The number of aliphatic carboxylic acids is 1. The van der Waals surface area contributed by atoms with Crippen molar-refractivity contribution in [2.75, 3.05) is 0 Å². The minimum atomic E-state index is -0.744. The summed E-state index contributed by atoms with van der Waals surface area (Å²) in [5.41, 5.74) is 3.04. The molecule has 0 saturated heterocycles. The van der Waals surface area contributed by atoms with Gasteiger partial charge in [0.05, 0.1) is 0 Å². The molecule has 2 atom stereocenters. The molecule has 0 spiro atoms. The summed E-state index contributed by atoms with van der Waals surface area (Å²) in [4.78, 5) is 10.5. The molecule has 4 N–H and O–H groups in total. The van der Waals surface area contributed by atoms with Gasteiger partial charge < -0.3 is 10.8 Å². The molecule has 0 aliphatic heterocycles. The van der Waals surface area contributed by atoms with Crippen LogP contribution in [0.2, 0.25) is 0 Å². The van der Waals surface area contributed by atoms with Gasteiger partial charge in [-0.3, -0.25) is 0 Å². The summed E-state index contributed by atoms with van der Waals surface area (Å²) in [5, 5.41) is 8.67. The van der Waals surface area contributed by atoms with E-state index in [1.54, 1.807) is 0 Å². The second kappa shape index (κ2) is 1.95. The van der Waals surface area contributed by atoms with E-state index >= 15 is 0 Å². The second-order valence-electron chi connectivity index (χ2n) is 3.52. The summed E-state index contributed by atoms with van der Waals surface area (Å²) < 4.78 is 0. The molecule has 0 amide bonds. The minimum absolute atomic E-state index is 0.296. The van der Waals surface area contributed by atoms with E-state index in [0.717, 1.165) is 6.42 Å². The average molecular weight is 144 g/mol. The van der Waals surface area contributed by atoms with Gasteiger partial charge >= 0.3 is 5.97 Å². The van der Waals surface area contributed by atoms with Gasteiger partial charge in [-0.25, -0.2) is 4.79 Å². The van der Waals surface area contributed by atoms with Crippen molar-refractivity contribution in [3.8, 4) is 0 Å². The van der Waals surface area contributed by atoms with Crippen LogP contribution in [0.3, 0.4) is 0 Å². The third kappa shape index (κ3) is 0.904. The summed E-state index contributed by atoms with van der Waals surface area (Å²) >= 11 is 0. The molecule has 1 saturated carbocycles. The van der Waals surface area contributed by atoms with Crippen molar-refractivity contribution < 1.29 is 15.6 Å². The summed E-state index contributed by atoms with van der Waals surface area (Å²) in [6, 6.07) is 0. The Hall–Kier alpha value is -0.570. The van der Waals surface area contributed by atoms with E-state index in [-0.39, 0.29) is 0 Å². The third-order valence-corrected chi connectivity index (χ3v) is 2.36. The van der Waals surface area contributed by atoms with Crippen LogP contribution >= 0.6 is 0 Å². The maximum atomic E-state index is 10.5. The summed E-state index contributed by atoms with van der Waals surface area (Å²) in [7, 11) is 0. The number of rotatable bonds is 2. The molecule has 0 aromatic carbocycles. The van der Waals surface area contributed by atoms with Crippen molar-refractivity contribution in [2.45, 2.75) is 25.8 Å². The molecule has 0 aromatic rings. The molecule has 10 heavy (non-hydrogen) atoms. The lowest BCUT2D eigenvalue weighted by Crippen LogP contribution is -2.69. The van der Waals surface area contributed by atoms with Gasteiger partial charge in [-0.1, -0.05) is 13.8 Å². The van der Waals surface area contributed by atoms with E-state index in [0.29, 0.717) is 11.8 Å². The Bertz CT molecular complexity index is 167. The van der Waals surface area contributed by atoms with Crippen molar-refractivity contribution in [1.29, 1.82) is 0 Å². The van der Waals surface area contributed by atoms with Crippen LogP contribution in [0, 0.1) is 11.8 Å². The van der Waals surface area contributed by atoms with Gasteiger partial charge in [-0.2, -0.15) is 0 Å². The summed E-state index contributed by atoms with van der Waals surface area (Å²) in [6.07, 6.45) is 0.750. The van der Waals surface area contributed by atoms with Crippen LogP contribution in [0.15, 0.2) is 0 Å². The Morgan fingerprint density at radius 1 is 1.80 bits per heavy atom. The van der Waals surface area contributed by atoms with Crippen molar-refractivity contribution >= 4 is 5.97 Å². The van der Waals surface area contributed by atoms with Gasteiger partial charge in [0.25, 0.3) is 0 Å². The Labute approximate surface area is 60.2 Å². The Morgan fingerprint density at radius 3 is 2.40 bits per heavy atom. The van der Waals surface area contributed by atoms with Gasteiger partial charge in [0.1, 0.15) is 0 Å². The van der Waals surface area contributed by atoms with Gasteiger partial charge in [-0.15, -0.1) is 0 Å². The van der Waals surface area contributed by atoms with Gasteiger partial charge in [-0.05, 0) is 5.92 Å². The van der Waals surface area contributed by atoms with E-state index in [4.69, 9.17) is 5.11 Å². The third-order valence-electron chi connectivity index (χ3n) is 2.36. The molecule has 1 rings (SSSR count). The number of quaternary nitrogens is 1. The van der Waals surface area contributed by atoms with Crippen LogP contribution in [0.4, 0.5) is 0 Å². The Balaban J connectivity index is 2.56. The van der Waals surface area contributed by atoms with Crippen molar-refractivity contribution in [2.24, 2.45) is 11.8 Å². The predicted molar refractivity (Wildman–Crippen MR) is 36.2 cm³/mol. The molecular formula is C7H14NO2+. The lowest BCUT2D eigenvalue weighted by atomic mass is 10.1. The number of carboxylic acid groups (broad SMARTS) is 1. The highest BCUT2D eigenvalue weighted by atomic mass is 16.4. The first-order chi connectivity index (χ1) is 4.48. The smallest absolute Gasteiger partial charge is 0.365 e. The maximum Gasteiger partial charge on any atom is 0.365 e. The first kappa shape index (κ1) is 7.54. The van der Waals surface area contributed by atoms with Crippen LogP contribution in [-0.4, -0.2) is 16.6 Å². The first-order valence-electron chi connectivity index (χ1n) is 3.57. The van der Waals surface area contributed by atoms with Gasteiger partial charge in [0.2, 0.25) is 0 Å². The molecule has 0 heterocycles. The minimum Gasteiger partial charge on any atom is -0.477 e. The largest absolute Gasteiger partial charge is 0.477 e. The fourth-order valence-electron chi connectivity index (χ4n) is 1.45. The molecule has 1 fully saturated rings. The van der Waals surface area contributed by atoms with Gasteiger partial charge in [0, 0.05) is 12.3 Å². The van der Waals surface area contributed by atoms with Crippen LogP contribution in [0.5, 0.6) is 0 Å². The lowest BCUT2D eigenvalue weighted by Gasteiger charge is -2.03. The molecule has 1 aliphatic carbocycles. The highest BCUT2D eigenvalue weighted by Crippen LogP contribution is 2.44. The molecule has 0 radical (unpaired) electrons. The standard InChI is InChI=1S/C7H13NO2/c1-4(2)5-3-7(5,8)6(9)10/h4-5H,3,8H2,1-2H3,(H,9,10)/p+1/t5-,7-/m0/s1. The summed E-state index contributed by atoms with van der Waals surface area (Å²) in [5.74, 6) is 0.00444. The average Bonchev–Trinajstić information content (AvgIpc) is 2.43. The molecule has 0 bridgehead atoms. The number of hydrogen-bond acceptors (Lipinski definition) is 1. The summed E-state index contributed by atoms with van der Waals surface area (Å²) in [6.45, 7) is 4.08.